The maximum Gasteiger partial charge on any atom is 0.321 e. The first-order valence-corrected chi connectivity index (χ1v) is 12.7. The van der Waals surface area contributed by atoms with Gasteiger partial charge in [0.15, 0.2) is 17.6 Å². The first kappa shape index (κ1) is 25.5. The van der Waals surface area contributed by atoms with Crippen molar-refractivity contribution in [2.45, 2.75) is 50.2 Å². The first-order chi connectivity index (χ1) is 16.3. The maximum atomic E-state index is 12.6. The van der Waals surface area contributed by atoms with Crippen LogP contribution in [0, 0.1) is 0 Å². The summed E-state index contributed by atoms with van der Waals surface area (Å²) in [6.07, 6.45) is 1.19. The molecule has 0 spiro atoms. The molecule has 1 aliphatic rings. The average molecular weight is 491 g/mol. The van der Waals surface area contributed by atoms with Crippen molar-refractivity contribution >= 4 is 21.9 Å². The van der Waals surface area contributed by atoms with Crippen LogP contribution in [0.2, 0.25) is 0 Å². The normalized spacial score (nSPS) is 15.0. The van der Waals surface area contributed by atoms with Crippen molar-refractivity contribution < 1.29 is 32.2 Å². The quantitative estimate of drug-likeness (QED) is 0.491. The summed E-state index contributed by atoms with van der Waals surface area (Å²) in [5.41, 5.74) is 0.958. The summed E-state index contributed by atoms with van der Waals surface area (Å²) in [6, 6.07) is 13.5. The van der Waals surface area contributed by atoms with Crippen molar-refractivity contribution in [1.82, 2.24) is 10.0 Å². The van der Waals surface area contributed by atoms with Gasteiger partial charge >= 0.3 is 5.97 Å². The summed E-state index contributed by atoms with van der Waals surface area (Å²) in [4.78, 5) is 24.7. The van der Waals surface area contributed by atoms with E-state index >= 15 is 0 Å². The molecule has 0 fully saturated rings. The Kier molecular flexibility index (Phi) is 8.89. The number of hydrogen-bond donors (Lipinski definition) is 2. The van der Waals surface area contributed by atoms with Gasteiger partial charge in [-0.2, -0.15) is 4.72 Å². The number of benzene rings is 2. The predicted molar refractivity (Wildman–Crippen MR) is 125 cm³/mol. The minimum Gasteiger partial charge on any atom is -0.490 e. The third kappa shape index (κ3) is 6.94. The van der Waals surface area contributed by atoms with Gasteiger partial charge in [0.1, 0.15) is 6.54 Å². The summed E-state index contributed by atoms with van der Waals surface area (Å²) in [7, 11) is -4.01. The van der Waals surface area contributed by atoms with E-state index < -0.39 is 34.5 Å². The van der Waals surface area contributed by atoms with Gasteiger partial charge in [-0.15, -0.1) is 0 Å². The minimum absolute atomic E-state index is 0.0689. The van der Waals surface area contributed by atoms with Crippen LogP contribution < -0.4 is 19.5 Å². The number of hydrogen-bond acceptors (Lipinski definition) is 7. The molecule has 2 aromatic carbocycles. The molecular formula is C24H30N2O7S. The number of carbonyl (C=O) groups is 2. The lowest BCUT2D eigenvalue weighted by Gasteiger charge is -2.21. The third-order valence-electron chi connectivity index (χ3n) is 5.21. The molecule has 2 unspecified atom stereocenters. The van der Waals surface area contributed by atoms with Crippen LogP contribution in [0.4, 0.5) is 0 Å². The van der Waals surface area contributed by atoms with E-state index in [-0.39, 0.29) is 10.9 Å². The molecule has 0 radical (unpaired) electrons. The zero-order valence-corrected chi connectivity index (χ0v) is 20.1. The smallest absolute Gasteiger partial charge is 0.321 e. The number of esters is 1. The third-order valence-corrected chi connectivity index (χ3v) is 6.61. The highest BCUT2D eigenvalue weighted by molar-refractivity contribution is 7.89. The molecule has 184 valence electrons. The van der Waals surface area contributed by atoms with Gasteiger partial charge < -0.3 is 19.5 Å². The lowest BCUT2D eigenvalue weighted by molar-refractivity contribution is -0.153. The van der Waals surface area contributed by atoms with Crippen LogP contribution in [0.1, 0.15) is 44.7 Å². The summed E-state index contributed by atoms with van der Waals surface area (Å²) >= 11 is 0. The van der Waals surface area contributed by atoms with Crippen molar-refractivity contribution in [3.8, 4) is 11.5 Å². The van der Waals surface area contributed by atoms with E-state index in [9.17, 15) is 18.0 Å². The molecule has 0 aromatic heterocycles. The van der Waals surface area contributed by atoms with Crippen LogP contribution in [-0.4, -0.2) is 46.2 Å². The second kappa shape index (κ2) is 11.8. The Morgan fingerprint density at radius 2 is 1.76 bits per heavy atom. The van der Waals surface area contributed by atoms with Gasteiger partial charge in [-0.3, -0.25) is 9.59 Å². The van der Waals surface area contributed by atoms with Gasteiger partial charge in [0.25, 0.3) is 5.91 Å². The van der Waals surface area contributed by atoms with Crippen molar-refractivity contribution in [3.05, 3.63) is 54.1 Å². The van der Waals surface area contributed by atoms with Crippen molar-refractivity contribution in [2.24, 2.45) is 0 Å². The Morgan fingerprint density at radius 3 is 2.47 bits per heavy atom. The summed E-state index contributed by atoms with van der Waals surface area (Å²) in [6.45, 7) is 3.74. The maximum absolute atomic E-state index is 12.6. The number of nitrogens with one attached hydrogen (secondary N) is 2. The highest BCUT2D eigenvalue weighted by Crippen LogP contribution is 2.31. The topological polar surface area (TPSA) is 120 Å². The lowest BCUT2D eigenvalue weighted by Crippen LogP contribution is -2.40. The predicted octanol–water partition coefficient (Wildman–Crippen LogP) is 2.72. The van der Waals surface area contributed by atoms with E-state index in [0.717, 1.165) is 18.4 Å². The standard InChI is InChI=1S/C24H30N2O7S/c1-3-8-20(18-9-5-4-6-10-18)26-24(28)17(2)33-23(27)16-25-34(29,30)19-11-12-21-22(15-19)32-14-7-13-31-21/h4-6,9-12,15,17,20,25H,3,7-8,13-14,16H2,1-2H3,(H,26,28). The van der Waals surface area contributed by atoms with Crippen molar-refractivity contribution in [2.75, 3.05) is 19.8 Å². The fourth-order valence-corrected chi connectivity index (χ4v) is 4.41. The van der Waals surface area contributed by atoms with Crippen molar-refractivity contribution in [1.29, 1.82) is 0 Å². The molecule has 0 bridgehead atoms. The number of sulfonamides is 1. The van der Waals surface area contributed by atoms with Gasteiger partial charge in [-0.05, 0) is 31.0 Å². The van der Waals surface area contributed by atoms with Crippen LogP contribution in [0.5, 0.6) is 11.5 Å². The molecule has 34 heavy (non-hydrogen) atoms. The number of amides is 1. The molecule has 9 nitrogen and oxygen atoms in total. The van der Waals surface area contributed by atoms with Crippen LogP contribution in [-0.2, 0) is 24.3 Å². The SMILES string of the molecule is CCCC(NC(=O)C(C)OC(=O)CNS(=O)(=O)c1ccc2c(c1)OCCCO2)c1ccccc1. The van der Waals surface area contributed by atoms with E-state index in [2.05, 4.69) is 10.0 Å². The van der Waals surface area contributed by atoms with Gasteiger partial charge in [-0.25, -0.2) is 8.42 Å². The summed E-state index contributed by atoms with van der Waals surface area (Å²) < 4.78 is 43.6. The second-order valence-electron chi connectivity index (χ2n) is 7.88. The van der Waals surface area contributed by atoms with E-state index in [0.29, 0.717) is 31.1 Å². The molecule has 10 heteroatoms. The Hall–Kier alpha value is -3.11. The number of rotatable bonds is 10. The lowest BCUT2D eigenvalue weighted by atomic mass is 10.0. The molecule has 0 saturated heterocycles. The van der Waals surface area contributed by atoms with Gasteiger partial charge in [0, 0.05) is 12.5 Å². The molecule has 1 aliphatic heterocycles. The summed E-state index contributed by atoms with van der Waals surface area (Å²) in [5.74, 6) is -0.533. The van der Waals surface area contributed by atoms with E-state index in [1.165, 1.54) is 25.1 Å². The Balaban J connectivity index is 1.54. The van der Waals surface area contributed by atoms with Crippen LogP contribution in [0.15, 0.2) is 53.4 Å². The molecule has 2 N–H and O–H groups in total. The highest BCUT2D eigenvalue weighted by atomic mass is 32.2. The first-order valence-electron chi connectivity index (χ1n) is 11.2. The summed E-state index contributed by atoms with van der Waals surface area (Å²) in [5, 5.41) is 2.89. The van der Waals surface area contributed by atoms with Gasteiger partial charge in [-0.1, -0.05) is 43.7 Å². The zero-order chi connectivity index (χ0) is 24.6. The van der Waals surface area contributed by atoms with E-state index in [1.807, 2.05) is 37.3 Å². The van der Waals surface area contributed by atoms with Gasteiger partial charge in [0.05, 0.1) is 24.2 Å². The van der Waals surface area contributed by atoms with Crippen LogP contribution >= 0.6 is 0 Å². The second-order valence-corrected chi connectivity index (χ2v) is 9.64. The molecule has 2 atom stereocenters. The number of ether oxygens (including phenoxy) is 3. The Bertz CT molecular complexity index is 1090. The Labute approximate surface area is 199 Å². The molecule has 3 rings (SSSR count). The fraction of sp³-hybridized carbons (Fsp3) is 0.417. The molecule has 1 amide bonds. The average Bonchev–Trinajstić information content (AvgIpc) is 3.08. The fourth-order valence-electron chi connectivity index (χ4n) is 3.43. The molecule has 1 heterocycles. The minimum atomic E-state index is -4.01. The van der Waals surface area contributed by atoms with Crippen LogP contribution in [0.3, 0.4) is 0 Å². The molecule has 0 saturated carbocycles. The van der Waals surface area contributed by atoms with E-state index in [1.54, 1.807) is 0 Å². The monoisotopic (exact) mass is 490 g/mol. The molecule has 2 aromatic rings. The molecule has 0 aliphatic carbocycles. The Morgan fingerprint density at radius 1 is 1.06 bits per heavy atom. The highest BCUT2D eigenvalue weighted by Gasteiger charge is 2.24. The zero-order valence-electron chi connectivity index (χ0n) is 19.3. The van der Waals surface area contributed by atoms with Crippen LogP contribution in [0.25, 0.3) is 0 Å². The van der Waals surface area contributed by atoms with Crippen molar-refractivity contribution in [3.63, 3.8) is 0 Å². The molecular weight excluding hydrogens is 460 g/mol. The largest absolute Gasteiger partial charge is 0.490 e. The van der Waals surface area contributed by atoms with E-state index in [4.69, 9.17) is 14.2 Å². The number of fused-ring (bicyclic) bond motifs is 1. The van der Waals surface area contributed by atoms with Gasteiger partial charge in [0.2, 0.25) is 10.0 Å². The number of carbonyl (C=O) groups excluding carboxylic acids is 2.